The van der Waals surface area contributed by atoms with Crippen LogP contribution in [0.4, 0.5) is 22.2 Å². The Balaban J connectivity index is 1.41. The van der Waals surface area contributed by atoms with Crippen molar-refractivity contribution in [2.24, 2.45) is 0 Å². The summed E-state index contributed by atoms with van der Waals surface area (Å²) >= 11 is 0. The lowest BCUT2D eigenvalue weighted by atomic mass is 9.92. The molecule has 4 rings (SSSR count). The van der Waals surface area contributed by atoms with Crippen LogP contribution in [0.3, 0.4) is 0 Å². The number of aromatic nitrogens is 3. The first-order valence-corrected chi connectivity index (χ1v) is 17.3. The summed E-state index contributed by atoms with van der Waals surface area (Å²) in [4.78, 5) is 41.6. The van der Waals surface area contributed by atoms with Crippen molar-refractivity contribution in [1.29, 1.82) is 0 Å². The zero-order chi connectivity index (χ0) is 31.9. The summed E-state index contributed by atoms with van der Waals surface area (Å²) in [5, 5.41) is 9.13. The Kier molecular flexibility index (Phi) is 10.9. The maximum atomic E-state index is 13.0. The molecule has 2 aliphatic heterocycles. The van der Waals surface area contributed by atoms with Crippen LogP contribution in [-0.2, 0) is 36.9 Å². The van der Waals surface area contributed by atoms with E-state index in [-0.39, 0.29) is 18.9 Å². The predicted octanol–water partition coefficient (Wildman–Crippen LogP) is 3.07. The molecule has 3 N–H and O–H groups in total. The van der Waals surface area contributed by atoms with Gasteiger partial charge in [0, 0.05) is 49.6 Å². The molecule has 2 aromatic rings. The predicted molar refractivity (Wildman–Crippen MR) is 169 cm³/mol. The van der Waals surface area contributed by atoms with Crippen LogP contribution in [0.1, 0.15) is 69.7 Å². The number of amides is 1. The van der Waals surface area contributed by atoms with Crippen LogP contribution >= 0.6 is 0 Å². The number of piperidine rings is 1. The van der Waals surface area contributed by atoms with Crippen LogP contribution in [0, 0.1) is 0 Å². The third-order valence-corrected chi connectivity index (χ3v) is 8.46. The number of aryl methyl sites for hydroxylation is 1. The lowest BCUT2D eigenvalue weighted by molar-refractivity contribution is -0.156. The summed E-state index contributed by atoms with van der Waals surface area (Å²) in [5.74, 6) is 1.82. The maximum absolute atomic E-state index is 13.0. The molecule has 0 aromatic carbocycles. The lowest BCUT2D eigenvalue weighted by Gasteiger charge is -2.34. The molecule has 1 amide bonds. The molecule has 2 aromatic heterocycles. The molecular formula is C30H45N7O6S. The normalized spacial score (nSPS) is 16.3. The van der Waals surface area contributed by atoms with Crippen molar-refractivity contribution >= 4 is 39.4 Å². The van der Waals surface area contributed by atoms with Gasteiger partial charge in [0.25, 0.3) is 0 Å². The van der Waals surface area contributed by atoms with E-state index in [1.54, 1.807) is 20.8 Å². The number of pyridine rings is 1. The Hall–Kier alpha value is -3.68. The van der Waals surface area contributed by atoms with E-state index in [0.29, 0.717) is 18.2 Å². The molecule has 1 fully saturated rings. The number of nitrogens with one attached hydrogen (secondary N) is 3. The molecule has 1 atom stereocenters. The van der Waals surface area contributed by atoms with Crippen LogP contribution in [0.2, 0.25) is 0 Å². The van der Waals surface area contributed by atoms with E-state index in [9.17, 15) is 18.0 Å². The van der Waals surface area contributed by atoms with Crippen LogP contribution in [0.25, 0.3) is 0 Å². The summed E-state index contributed by atoms with van der Waals surface area (Å²) in [5.41, 5.74) is 2.54. The second-order valence-electron chi connectivity index (χ2n) is 12.3. The van der Waals surface area contributed by atoms with Gasteiger partial charge in [0.2, 0.25) is 0 Å². The quantitative estimate of drug-likeness (QED) is 0.311. The standard InChI is InChI=1S/C30H45N7O6S/c1-6-22-26(32-18-24(28(38)43-30(2,3)4)36-29(39)42-16-17-44(5,40)41)33-19-34-27(22)37-14-11-20(12-15-37)23-10-9-21-8-7-13-31-25(21)35-23/h9-10,19-20,24H,6-8,11-18H2,1-5H3,(H,31,35)(H,36,39)(H,32,33,34)/t24-/m0/s1. The van der Waals surface area contributed by atoms with E-state index in [1.807, 2.05) is 6.92 Å². The van der Waals surface area contributed by atoms with Gasteiger partial charge in [-0.25, -0.2) is 33.0 Å². The van der Waals surface area contributed by atoms with Gasteiger partial charge in [-0.15, -0.1) is 0 Å². The molecule has 44 heavy (non-hydrogen) atoms. The molecule has 0 bridgehead atoms. The number of sulfone groups is 1. The number of esters is 1. The minimum atomic E-state index is -3.31. The molecule has 14 heteroatoms. The van der Waals surface area contributed by atoms with Crippen LogP contribution in [0.5, 0.6) is 0 Å². The van der Waals surface area contributed by atoms with E-state index in [4.69, 9.17) is 14.5 Å². The summed E-state index contributed by atoms with van der Waals surface area (Å²) in [6.45, 7) is 9.46. The number of anilines is 3. The van der Waals surface area contributed by atoms with Gasteiger partial charge >= 0.3 is 12.1 Å². The molecular weight excluding hydrogens is 586 g/mol. The first-order chi connectivity index (χ1) is 20.8. The fourth-order valence-corrected chi connectivity index (χ4v) is 5.73. The molecule has 1 saturated heterocycles. The van der Waals surface area contributed by atoms with Crippen molar-refractivity contribution in [3.8, 4) is 0 Å². The van der Waals surface area contributed by atoms with Gasteiger partial charge in [-0.1, -0.05) is 13.0 Å². The number of carbonyl (C=O) groups excluding carboxylic acids is 2. The molecule has 0 saturated carbocycles. The number of fused-ring (bicyclic) bond motifs is 1. The van der Waals surface area contributed by atoms with Gasteiger partial charge in [0.1, 0.15) is 42.0 Å². The molecule has 2 aliphatic rings. The topological polar surface area (TPSA) is 165 Å². The number of nitrogens with zero attached hydrogens (tertiary/aromatic N) is 4. The monoisotopic (exact) mass is 631 g/mol. The van der Waals surface area contributed by atoms with Crippen molar-refractivity contribution in [2.45, 2.75) is 77.4 Å². The first kappa shape index (κ1) is 33.2. The fourth-order valence-electron chi connectivity index (χ4n) is 5.35. The van der Waals surface area contributed by atoms with E-state index in [2.05, 4.69) is 43.0 Å². The van der Waals surface area contributed by atoms with Crippen LogP contribution in [0.15, 0.2) is 18.5 Å². The molecule has 0 spiro atoms. The number of carbonyl (C=O) groups is 2. The maximum Gasteiger partial charge on any atom is 0.407 e. The molecule has 13 nitrogen and oxygen atoms in total. The summed E-state index contributed by atoms with van der Waals surface area (Å²) < 4.78 is 33.2. The zero-order valence-electron chi connectivity index (χ0n) is 26.3. The molecule has 0 unspecified atom stereocenters. The number of alkyl carbamates (subject to hydrolysis) is 1. The van der Waals surface area contributed by atoms with Crippen molar-refractivity contribution in [2.75, 3.05) is 60.3 Å². The number of rotatable bonds is 11. The second kappa shape index (κ2) is 14.4. The Morgan fingerprint density at radius 3 is 2.61 bits per heavy atom. The number of hydrogen-bond donors (Lipinski definition) is 3. The highest BCUT2D eigenvalue weighted by Gasteiger charge is 2.29. The fraction of sp³-hybridized carbons (Fsp3) is 0.633. The average molecular weight is 632 g/mol. The van der Waals surface area contributed by atoms with Gasteiger partial charge in [-0.2, -0.15) is 0 Å². The van der Waals surface area contributed by atoms with E-state index < -0.39 is 33.5 Å². The van der Waals surface area contributed by atoms with Gasteiger partial charge < -0.3 is 30.3 Å². The second-order valence-corrected chi connectivity index (χ2v) is 14.6. The van der Waals surface area contributed by atoms with Crippen molar-refractivity contribution in [1.82, 2.24) is 20.3 Å². The Bertz CT molecular complexity index is 1420. The first-order valence-electron chi connectivity index (χ1n) is 15.2. The third-order valence-electron chi connectivity index (χ3n) is 7.55. The highest BCUT2D eigenvalue weighted by atomic mass is 32.2. The van der Waals surface area contributed by atoms with Gasteiger partial charge in [-0.05, 0) is 64.5 Å². The average Bonchev–Trinajstić information content (AvgIpc) is 2.97. The summed E-state index contributed by atoms with van der Waals surface area (Å²) in [6, 6.07) is 3.27. The van der Waals surface area contributed by atoms with Crippen molar-refractivity contribution < 1.29 is 27.5 Å². The highest BCUT2D eigenvalue weighted by molar-refractivity contribution is 7.90. The van der Waals surface area contributed by atoms with Crippen LogP contribution < -0.4 is 20.9 Å². The number of hydrogen-bond acceptors (Lipinski definition) is 12. The molecule has 0 aliphatic carbocycles. The third kappa shape index (κ3) is 9.41. The van der Waals surface area contributed by atoms with Gasteiger partial charge in [0.05, 0.1) is 5.75 Å². The van der Waals surface area contributed by atoms with Gasteiger partial charge in [-0.3, -0.25) is 0 Å². The Morgan fingerprint density at radius 2 is 1.93 bits per heavy atom. The van der Waals surface area contributed by atoms with E-state index >= 15 is 0 Å². The summed E-state index contributed by atoms with van der Waals surface area (Å²) in [6.07, 6.45) is 6.39. The minimum Gasteiger partial charge on any atom is -0.458 e. The Labute approximate surface area is 259 Å². The zero-order valence-corrected chi connectivity index (χ0v) is 27.1. The largest absolute Gasteiger partial charge is 0.458 e. The molecule has 4 heterocycles. The number of ether oxygens (including phenoxy) is 2. The van der Waals surface area contributed by atoms with Crippen LogP contribution in [-0.4, -0.2) is 91.9 Å². The van der Waals surface area contributed by atoms with Crippen molar-refractivity contribution in [3.05, 3.63) is 35.3 Å². The SMILES string of the molecule is CCc1c(NC[C@H](NC(=O)OCCS(C)(=O)=O)C(=O)OC(C)(C)C)ncnc1N1CCC(c2ccc3c(n2)NCCC3)CC1. The smallest absolute Gasteiger partial charge is 0.407 e. The van der Waals surface area contributed by atoms with E-state index in [1.165, 1.54) is 11.9 Å². The lowest BCUT2D eigenvalue weighted by Crippen LogP contribution is -2.48. The minimum absolute atomic E-state index is 0.0281. The summed E-state index contributed by atoms with van der Waals surface area (Å²) in [7, 11) is -3.31. The van der Waals surface area contributed by atoms with Crippen molar-refractivity contribution in [3.63, 3.8) is 0 Å². The molecule has 0 radical (unpaired) electrons. The van der Waals surface area contributed by atoms with Gasteiger partial charge in [0.15, 0.2) is 9.84 Å². The van der Waals surface area contributed by atoms with E-state index in [0.717, 1.165) is 74.5 Å². The highest BCUT2D eigenvalue weighted by Crippen LogP contribution is 2.33. The Morgan fingerprint density at radius 1 is 1.18 bits per heavy atom. The molecule has 242 valence electrons.